The van der Waals surface area contributed by atoms with Crippen molar-refractivity contribution < 1.29 is 13.2 Å². The van der Waals surface area contributed by atoms with Crippen molar-refractivity contribution in [3.8, 4) is 5.75 Å². The van der Waals surface area contributed by atoms with Crippen molar-refractivity contribution in [2.45, 2.75) is 50.3 Å². The van der Waals surface area contributed by atoms with E-state index in [1.54, 1.807) is 12.1 Å². The molecule has 0 aromatic heterocycles. The Bertz CT molecular complexity index is 619. The average molecular weight is 497 g/mol. The lowest BCUT2D eigenvalue weighted by Gasteiger charge is -2.08. The number of nitrogens with two attached hydrogens (primary N) is 1. The van der Waals surface area contributed by atoms with Crippen molar-refractivity contribution in [3.63, 3.8) is 0 Å². The molecule has 0 heterocycles. The summed E-state index contributed by atoms with van der Waals surface area (Å²) in [4.78, 5) is 4.57. The predicted octanol–water partition coefficient (Wildman–Crippen LogP) is 3.35. The monoisotopic (exact) mass is 497 g/mol. The molecule has 0 fully saturated rings. The number of hydrogen-bond acceptors (Lipinski definition) is 4. The van der Waals surface area contributed by atoms with Gasteiger partial charge >= 0.3 is 0 Å². The molecule has 0 spiro atoms. The third kappa shape index (κ3) is 11.6. The number of halogens is 1. The molecule has 0 unspecified atom stereocenters. The number of aliphatic imine (C=N–C) groups is 1. The van der Waals surface area contributed by atoms with Crippen LogP contribution in [0.1, 0.15) is 45.4 Å². The van der Waals surface area contributed by atoms with E-state index in [0.717, 1.165) is 13.0 Å². The Labute approximate surface area is 174 Å². The molecular weight excluding hydrogens is 465 g/mol. The van der Waals surface area contributed by atoms with Gasteiger partial charge in [-0.2, -0.15) is 0 Å². The summed E-state index contributed by atoms with van der Waals surface area (Å²) in [5.41, 5.74) is 5.80. The lowest BCUT2D eigenvalue weighted by atomic mass is 10.1. The molecule has 6 nitrogen and oxygen atoms in total. The quantitative estimate of drug-likeness (QED) is 0.200. The standard InChI is InChI=1S/C18H31N3O3S.HI/c1-3-4-5-6-7-8-13-20-18(19)21-14-15-24-16-9-11-17(12-10-16)25(2,22)23;/h9-12H,3-8,13-15H2,1-2H3,(H3,19,20,21);1H. The van der Waals surface area contributed by atoms with E-state index in [0.29, 0.717) is 24.9 Å². The van der Waals surface area contributed by atoms with Gasteiger partial charge in [0.05, 0.1) is 11.4 Å². The number of benzene rings is 1. The van der Waals surface area contributed by atoms with E-state index in [2.05, 4.69) is 17.2 Å². The zero-order chi connectivity index (χ0) is 18.5. The van der Waals surface area contributed by atoms with E-state index in [4.69, 9.17) is 10.5 Å². The minimum Gasteiger partial charge on any atom is -0.492 e. The summed E-state index contributed by atoms with van der Waals surface area (Å²) in [7, 11) is -3.17. The van der Waals surface area contributed by atoms with Crippen molar-refractivity contribution in [2.75, 3.05) is 26.0 Å². The molecule has 1 aromatic carbocycles. The van der Waals surface area contributed by atoms with Crippen LogP contribution in [0.4, 0.5) is 0 Å². The molecule has 0 atom stereocenters. The molecule has 8 heteroatoms. The SMILES string of the molecule is CCCCCCCCN=C(N)NCCOc1ccc(S(C)(=O)=O)cc1.I. The summed E-state index contributed by atoms with van der Waals surface area (Å²) in [6, 6.07) is 6.36. The van der Waals surface area contributed by atoms with E-state index >= 15 is 0 Å². The first kappa shape index (κ1) is 25.0. The van der Waals surface area contributed by atoms with Crippen molar-refractivity contribution >= 4 is 39.8 Å². The predicted molar refractivity (Wildman–Crippen MR) is 118 cm³/mol. The molecule has 0 amide bonds. The summed E-state index contributed by atoms with van der Waals surface area (Å²) in [5.74, 6) is 1.06. The van der Waals surface area contributed by atoms with Crippen LogP contribution in [0, 0.1) is 0 Å². The van der Waals surface area contributed by atoms with Crippen molar-refractivity contribution in [3.05, 3.63) is 24.3 Å². The summed E-state index contributed by atoms with van der Waals surface area (Å²) >= 11 is 0. The highest BCUT2D eigenvalue weighted by atomic mass is 127. The van der Waals surface area contributed by atoms with E-state index in [-0.39, 0.29) is 28.9 Å². The Hall–Kier alpha value is -1.03. The third-order valence-corrected chi connectivity index (χ3v) is 4.85. The number of hydrogen-bond donors (Lipinski definition) is 2. The number of rotatable bonds is 12. The molecule has 0 aliphatic heterocycles. The van der Waals surface area contributed by atoms with Gasteiger partial charge in [-0.1, -0.05) is 39.0 Å². The first-order valence-corrected chi connectivity index (χ1v) is 10.8. The Morgan fingerprint density at radius 3 is 2.35 bits per heavy atom. The van der Waals surface area contributed by atoms with Gasteiger partial charge in [-0.15, -0.1) is 24.0 Å². The number of nitrogens with zero attached hydrogens (tertiary/aromatic N) is 1. The maximum absolute atomic E-state index is 11.4. The van der Waals surface area contributed by atoms with E-state index in [1.165, 1.54) is 50.5 Å². The molecular formula is C18H32IN3O3S. The lowest BCUT2D eigenvalue weighted by Crippen LogP contribution is -2.34. The Morgan fingerprint density at radius 1 is 1.12 bits per heavy atom. The minimum absolute atomic E-state index is 0. The molecule has 0 aliphatic rings. The summed E-state index contributed by atoms with van der Waals surface area (Å²) < 4.78 is 28.3. The highest BCUT2D eigenvalue weighted by Crippen LogP contribution is 2.15. The van der Waals surface area contributed by atoms with Crippen LogP contribution in [0.3, 0.4) is 0 Å². The molecule has 0 radical (unpaired) electrons. The topological polar surface area (TPSA) is 93.8 Å². The third-order valence-electron chi connectivity index (χ3n) is 3.72. The molecule has 0 saturated heterocycles. The van der Waals surface area contributed by atoms with Crippen LogP contribution < -0.4 is 15.8 Å². The highest BCUT2D eigenvalue weighted by Gasteiger charge is 2.06. The molecule has 3 N–H and O–H groups in total. The van der Waals surface area contributed by atoms with Crippen LogP contribution in [0.15, 0.2) is 34.2 Å². The zero-order valence-corrected chi connectivity index (χ0v) is 18.9. The molecule has 150 valence electrons. The minimum atomic E-state index is -3.17. The number of guanidine groups is 1. The second-order valence-corrected chi connectivity index (χ2v) is 8.07. The number of unbranched alkanes of at least 4 members (excludes halogenated alkanes) is 5. The Kier molecular flexibility index (Phi) is 13.5. The van der Waals surface area contributed by atoms with Crippen LogP contribution in [-0.2, 0) is 9.84 Å². The Balaban J connectivity index is 0.00000625. The largest absolute Gasteiger partial charge is 0.492 e. The number of nitrogens with one attached hydrogen (secondary N) is 1. The highest BCUT2D eigenvalue weighted by molar-refractivity contribution is 14.0. The molecule has 0 bridgehead atoms. The van der Waals surface area contributed by atoms with Crippen LogP contribution in [0.2, 0.25) is 0 Å². The lowest BCUT2D eigenvalue weighted by molar-refractivity contribution is 0.322. The van der Waals surface area contributed by atoms with Crippen molar-refractivity contribution in [2.24, 2.45) is 10.7 Å². The average Bonchev–Trinajstić information content (AvgIpc) is 2.57. The fraction of sp³-hybridized carbons (Fsp3) is 0.611. The summed E-state index contributed by atoms with van der Waals surface area (Å²) in [6.45, 7) is 3.93. The van der Waals surface area contributed by atoms with Gasteiger partial charge in [-0.05, 0) is 30.7 Å². The number of ether oxygens (including phenoxy) is 1. The number of sulfone groups is 1. The maximum Gasteiger partial charge on any atom is 0.188 e. The smallest absolute Gasteiger partial charge is 0.188 e. The molecule has 0 saturated carbocycles. The van der Waals surface area contributed by atoms with Gasteiger partial charge in [-0.3, -0.25) is 4.99 Å². The van der Waals surface area contributed by atoms with Crippen LogP contribution >= 0.6 is 24.0 Å². The molecule has 1 rings (SSSR count). The van der Waals surface area contributed by atoms with Gasteiger partial charge in [-0.25, -0.2) is 8.42 Å². The van der Waals surface area contributed by atoms with Crippen LogP contribution in [0.5, 0.6) is 5.75 Å². The van der Waals surface area contributed by atoms with Gasteiger partial charge < -0.3 is 15.8 Å². The van der Waals surface area contributed by atoms with E-state index in [9.17, 15) is 8.42 Å². The van der Waals surface area contributed by atoms with Crippen LogP contribution in [0.25, 0.3) is 0 Å². The fourth-order valence-electron chi connectivity index (χ4n) is 2.28. The first-order valence-electron chi connectivity index (χ1n) is 8.90. The van der Waals surface area contributed by atoms with E-state index < -0.39 is 9.84 Å². The van der Waals surface area contributed by atoms with Gasteiger partial charge in [0, 0.05) is 12.8 Å². The normalized spacial score (nSPS) is 11.7. The molecule has 26 heavy (non-hydrogen) atoms. The second kappa shape index (κ2) is 14.1. The van der Waals surface area contributed by atoms with Gasteiger partial charge in [0.15, 0.2) is 15.8 Å². The van der Waals surface area contributed by atoms with Gasteiger partial charge in [0.25, 0.3) is 0 Å². The van der Waals surface area contributed by atoms with Gasteiger partial charge in [0.2, 0.25) is 0 Å². The zero-order valence-electron chi connectivity index (χ0n) is 15.7. The second-order valence-electron chi connectivity index (χ2n) is 6.05. The van der Waals surface area contributed by atoms with Crippen molar-refractivity contribution in [1.29, 1.82) is 0 Å². The summed E-state index contributed by atoms with van der Waals surface area (Å²) in [5, 5.41) is 3.01. The summed E-state index contributed by atoms with van der Waals surface area (Å²) in [6.07, 6.45) is 8.58. The maximum atomic E-state index is 11.4. The van der Waals surface area contributed by atoms with E-state index in [1.807, 2.05) is 0 Å². The van der Waals surface area contributed by atoms with Gasteiger partial charge in [0.1, 0.15) is 12.4 Å². The Morgan fingerprint density at radius 2 is 1.73 bits per heavy atom. The van der Waals surface area contributed by atoms with Crippen LogP contribution in [-0.4, -0.2) is 40.3 Å². The van der Waals surface area contributed by atoms with Crippen molar-refractivity contribution in [1.82, 2.24) is 5.32 Å². The fourth-order valence-corrected chi connectivity index (χ4v) is 2.91. The molecule has 0 aliphatic carbocycles. The molecule has 1 aromatic rings. The first-order chi connectivity index (χ1) is 11.9.